The molecule has 2 heterocycles. The Kier molecular flexibility index (Phi) is 2.07. The molecule has 1 aromatic carbocycles. The molecule has 3 heteroatoms. The Hall–Kier alpha value is -1.61. The summed E-state index contributed by atoms with van der Waals surface area (Å²) in [5, 5.41) is 0. The Morgan fingerprint density at radius 1 is 1.12 bits per heavy atom. The number of thiophene rings is 1. The summed E-state index contributed by atoms with van der Waals surface area (Å²) in [4.78, 5) is 7.22. The number of hydrogen-bond donors (Lipinski definition) is 0. The molecule has 0 aliphatic rings. The summed E-state index contributed by atoms with van der Waals surface area (Å²) < 4.78 is 2.15. The average molecular weight is 228 g/mol. The van der Waals surface area contributed by atoms with Crippen molar-refractivity contribution in [2.75, 3.05) is 0 Å². The standard InChI is InChI=1S/C13H12N2S/c1-9-7-8-12(16-9)13-14-10-5-3-4-6-11(10)15(13)2/h3-8H,1-2H3. The summed E-state index contributed by atoms with van der Waals surface area (Å²) in [7, 11) is 2.07. The SMILES string of the molecule is Cc1ccc(-c2nc3ccccc3n2C)s1. The van der Waals surface area contributed by atoms with Gasteiger partial charge in [-0.1, -0.05) is 12.1 Å². The van der Waals surface area contributed by atoms with Crippen LogP contribution in [-0.2, 0) is 7.05 Å². The minimum absolute atomic E-state index is 1.05. The van der Waals surface area contributed by atoms with Crippen molar-refractivity contribution in [1.29, 1.82) is 0 Å². The van der Waals surface area contributed by atoms with Crippen LogP contribution in [0.5, 0.6) is 0 Å². The van der Waals surface area contributed by atoms with Crippen LogP contribution in [-0.4, -0.2) is 9.55 Å². The van der Waals surface area contributed by atoms with Crippen LogP contribution in [0, 0.1) is 6.92 Å². The third kappa shape index (κ3) is 1.36. The number of rotatable bonds is 1. The number of hydrogen-bond acceptors (Lipinski definition) is 2. The van der Waals surface area contributed by atoms with Gasteiger partial charge in [-0.25, -0.2) is 4.98 Å². The van der Waals surface area contributed by atoms with Crippen LogP contribution in [0.3, 0.4) is 0 Å². The van der Waals surface area contributed by atoms with E-state index in [0.717, 1.165) is 11.3 Å². The van der Waals surface area contributed by atoms with Gasteiger partial charge >= 0.3 is 0 Å². The second kappa shape index (κ2) is 3.46. The first kappa shape index (κ1) is 9.60. The molecule has 0 bridgehead atoms. The number of nitrogens with zero attached hydrogens (tertiary/aromatic N) is 2. The van der Waals surface area contributed by atoms with E-state index in [0.29, 0.717) is 0 Å². The second-order valence-corrected chi connectivity index (χ2v) is 5.18. The van der Waals surface area contributed by atoms with Crippen LogP contribution in [0.1, 0.15) is 4.88 Å². The molecule has 16 heavy (non-hydrogen) atoms. The lowest BCUT2D eigenvalue weighted by atomic mass is 10.3. The van der Waals surface area contributed by atoms with E-state index in [1.165, 1.54) is 15.3 Å². The molecule has 0 amide bonds. The lowest BCUT2D eigenvalue weighted by molar-refractivity contribution is 0.963. The van der Waals surface area contributed by atoms with E-state index < -0.39 is 0 Å². The number of benzene rings is 1. The molecule has 0 N–H and O–H groups in total. The number of imidazole rings is 1. The summed E-state index contributed by atoms with van der Waals surface area (Å²) >= 11 is 1.79. The molecule has 0 spiro atoms. The Balaban J connectivity index is 2.28. The predicted octanol–water partition coefficient (Wildman–Crippen LogP) is 3.61. The van der Waals surface area contributed by atoms with E-state index in [1.54, 1.807) is 11.3 Å². The minimum atomic E-state index is 1.05. The maximum Gasteiger partial charge on any atom is 0.150 e. The van der Waals surface area contributed by atoms with Crippen molar-refractivity contribution in [3.63, 3.8) is 0 Å². The molecule has 3 rings (SSSR count). The Morgan fingerprint density at radius 3 is 2.62 bits per heavy atom. The van der Waals surface area contributed by atoms with Gasteiger partial charge in [-0.05, 0) is 31.2 Å². The quantitative estimate of drug-likeness (QED) is 0.622. The fraction of sp³-hybridized carbons (Fsp3) is 0.154. The summed E-state index contributed by atoms with van der Waals surface area (Å²) in [5.74, 6) is 1.05. The van der Waals surface area contributed by atoms with Crippen molar-refractivity contribution >= 4 is 22.4 Å². The van der Waals surface area contributed by atoms with Crippen LogP contribution in [0.4, 0.5) is 0 Å². The zero-order chi connectivity index (χ0) is 11.1. The lowest BCUT2D eigenvalue weighted by Crippen LogP contribution is -1.89. The molecule has 0 saturated heterocycles. The summed E-state index contributed by atoms with van der Waals surface area (Å²) in [6, 6.07) is 12.5. The van der Waals surface area contributed by atoms with Crippen LogP contribution in [0.15, 0.2) is 36.4 Å². The van der Waals surface area contributed by atoms with Gasteiger partial charge in [0.15, 0.2) is 5.82 Å². The van der Waals surface area contributed by atoms with Gasteiger partial charge in [-0.2, -0.15) is 0 Å². The normalized spacial score (nSPS) is 11.1. The van der Waals surface area contributed by atoms with Crippen molar-refractivity contribution in [2.45, 2.75) is 6.92 Å². The molecule has 2 nitrogen and oxygen atoms in total. The van der Waals surface area contributed by atoms with Gasteiger partial charge < -0.3 is 4.57 Å². The predicted molar refractivity (Wildman–Crippen MR) is 68.8 cm³/mol. The van der Waals surface area contributed by atoms with Crippen LogP contribution < -0.4 is 0 Å². The molecule has 0 radical (unpaired) electrons. The van der Waals surface area contributed by atoms with Gasteiger partial charge in [0.2, 0.25) is 0 Å². The first-order chi connectivity index (χ1) is 7.75. The molecule has 0 unspecified atom stereocenters. The third-order valence-corrected chi connectivity index (χ3v) is 3.74. The molecule has 0 atom stereocenters. The third-order valence-electron chi connectivity index (χ3n) is 2.75. The lowest BCUT2D eigenvalue weighted by Gasteiger charge is -1.98. The van der Waals surface area contributed by atoms with Gasteiger partial charge in [0.25, 0.3) is 0 Å². The molecule has 0 aliphatic carbocycles. The molecule has 2 aromatic heterocycles. The molecule has 0 fully saturated rings. The monoisotopic (exact) mass is 228 g/mol. The summed E-state index contributed by atoms with van der Waals surface area (Å²) in [6.07, 6.45) is 0. The van der Waals surface area contributed by atoms with E-state index in [9.17, 15) is 0 Å². The number of aryl methyl sites for hydroxylation is 2. The van der Waals surface area contributed by atoms with Crippen LogP contribution in [0.25, 0.3) is 21.7 Å². The molecular formula is C13H12N2S. The Morgan fingerprint density at radius 2 is 1.94 bits per heavy atom. The van der Waals surface area contributed by atoms with E-state index >= 15 is 0 Å². The second-order valence-electron chi connectivity index (χ2n) is 3.89. The average Bonchev–Trinajstić information content (AvgIpc) is 2.84. The zero-order valence-corrected chi connectivity index (χ0v) is 10.1. The van der Waals surface area contributed by atoms with Crippen LogP contribution >= 0.6 is 11.3 Å². The van der Waals surface area contributed by atoms with Crippen molar-refractivity contribution in [2.24, 2.45) is 7.05 Å². The highest BCUT2D eigenvalue weighted by Gasteiger charge is 2.10. The van der Waals surface area contributed by atoms with Gasteiger partial charge in [0.1, 0.15) is 0 Å². The van der Waals surface area contributed by atoms with Crippen molar-refractivity contribution in [1.82, 2.24) is 9.55 Å². The number of fused-ring (bicyclic) bond motifs is 1. The van der Waals surface area contributed by atoms with E-state index in [1.807, 2.05) is 12.1 Å². The molecule has 0 aliphatic heterocycles. The fourth-order valence-electron chi connectivity index (χ4n) is 1.92. The maximum absolute atomic E-state index is 4.67. The van der Waals surface area contributed by atoms with Crippen molar-refractivity contribution < 1.29 is 0 Å². The van der Waals surface area contributed by atoms with Crippen molar-refractivity contribution in [3.8, 4) is 10.7 Å². The Labute approximate surface area is 98.2 Å². The minimum Gasteiger partial charge on any atom is -0.326 e. The fourth-order valence-corrected chi connectivity index (χ4v) is 2.81. The zero-order valence-electron chi connectivity index (χ0n) is 9.27. The largest absolute Gasteiger partial charge is 0.326 e. The molecule has 0 saturated carbocycles. The molecule has 80 valence electrons. The van der Waals surface area contributed by atoms with E-state index in [4.69, 9.17) is 0 Å². The number of para-hydroxylation sites is 2. The van der Waals surface area contributed by atoms with Crippen molar-refractivity contribution in [3.05, 3.63) is 41.3 Å². The number of aromatic nitrogens is 2. The van der Waals surface area contributed by atoms with Gasteiger partial charge in [0.05, 0.1) is 15.9 Å². The summed E-state index contributed by atoms with van der Waals surface area (Å²) in [6.45, 7) is 2.12. The topological polar surface area (TPSA) is 17.8 Å². The van der Waals surface area contributed by atoms with Gasteiger partial charge in [0, 0.05) is 11.9 Å². The highest BCUT2D eigenvalue weighted by atomic mass is 32.1. The molecular weight excluding hydrogens is 216 g/mol. The highest BCUT2D eigenvalue weighted by Crippen LogP contribution is 2.29. The summed E-state index contributed by atoms with van der Waals surface area (Å²) in [5.41, 5.74) is 2.25. The highest BCUT2D eigenvalue weighted by molar-refractivity contribution is 7.15. The first-order valence-corrected chi connectivity index (χ1v) is 6.05. The Bertz CT molecular complexity index is 649. The van der Waals surface area contributed by atoms with E-state index in [2.05, 4.69) is 47.8 Å². The van der Waals surface area contributed by atoms with Gasteiger partial charge in [-0.15, -0.1) is 11.3 Å². The first-order valence-electron chi connectivity index (χ1n) is 5.24. The molecule has 3 aromatic rings. The smallest absolute Gasteiger partial charge is 0.150 e. The van der Waals surface area contributed by atoms with Crippen LogP contribution in [0.2, 0.25) is 0 Å². The van der Waals surface area contributed by atoms with E-state index in [-0.39, 0.29) is 0 Å². The maximum atomic E-state index is 4.67. The van der Waals surface area contributed by atoms with Gasteiger partial charge in [-0.3, -0.25) is 0 Å².